The van der Waals surface area contributed by atoms with Gasteiger partial charge in [-0.25, -0.2) is 0 Å². The van der Waals surface area contributed by atoms with Crippen molar-refractivity contribution >= 4 is 46.5 Å². The normalized spacial score (nSPS) is 15.0. The van der Waals surface area contributed by atoms with Crippen LogP contribution < -0.4 is 11.1 Å². The summed E-state index contributed by atoms with van der Waals surface area (Å²) >= 11 is 0. The van der Waals surface area contributed by atoms with Crippen LogP contribution in [0.2, 0.25) is 0 Å². The van der Waals surface area contributed by atoms with E-state index in [0.717, 1.165) is 32.5 Å². The highest BCUT2D eigenvalue weighted by atomic mass is 35.5. The zero-order valence-corrected chi connectivity index (χ0v) is 22.0. The SMILES string of the molecule is Cl.Cl.NCCCNCCC(c1cncc2ccccc12)c1cn(C2CCCCC2)c2ccccc12. The Morgan fingerprint density at radius 2 is 1.63 bits per heavy atom. The number of halogens is 2. The molecule has 4 nitrogen and oxygen atoms in total. The second-order valence-electron chi connectivity index (χ2n) is 9.48. The Bertz CT molecular complexity index is 1190. The molecule has 0 aliphatic heterocycles. The first-order valence-electron chi connectivity index (χ1n) is 12.7. The van der Waals surface area contributed by atoms with Crippen LogP contribution in [0.15, 0.2) is 67.1 Å². The predicted octanol–water partition coefficient (Wildman–Crippen LogP) is 7.00. The highest BCUT2D eigenvalue weighted by Gasteiger charge is 2.24. The van der Waals surface area contributed by atoms with E-state index in [-0.39, 0.29) is 24.8 Å². The summed E-state index contributed by atoms with van der Waals surface area (Å²) < 4.78 is 2.59. The number of nitrogens with zero attached hydrogens (tertiary/aromatic N) is 2. The largest absolute Gasteiger partial charge is 0.344 e. The van der Waals surface area contributed by atoms with Gasteiger partial charge in [-0.3, -0.25) is 4.98 Å². The molecule has 0 saturated heterocycles. The molecule has 0 bridgehead atoms. The summed E-state index contributed by atoms with van der Waals surface area (Å²) in [4.78, 5) is 4.65. The van der Waals surface area contributed by atoms with Gasteiger partial charge in [-0.05, 0) is 67.9 Å². The lowest BCUT2D eigenvalue weighted by Gasteiger charge is -2.24. The maximum Gasteiger partial charge on any atom is 0.0485 e. The standard InChI is InChI=1S/C29H36N4.2ClH/c30-16-8-17-31-18-15-25(27-20-32-19-22-9-4-5-12-24(22)27)28-21-33(23-10-2-1-3-11-23)29-14-7-6-13-26(28)29;;/h4-7,9,12-14,19-21,23,25,31H,1-3,8,10-11,15-18,30H2;2*1H. The van der Waals surface area contributed by atoms with Crippen LogP contribution in [0.25, 0.3) is 21.7 Å². The minimum Gasteiger partial charge on any atom is -0.344 e. The van der Waals surface area contributed by atoms with Gasteiger partial charge in [-0.15, -0.1) is 24.8 Å². The van der Waals surface area contributed by atoms with Crippen LogP contribution >= 0.6 is 24.8 Å². The first-order chi connectivity index (χ1) is 16.4. The van der Waals surface area contributed by atoms with E-state index >= 15 is 0 Å². The van der Waals surface area contributed by atoms with Crippen molar-refractivity contribution in [3.63, 3.8) is 0 Å². The van der Waals surface area contributed by atoms with E-state index < -0.39 is 0 Å². The van der Waals surface area contributed by atoms with Crippen LogP contribution in [0, 0.1) is 0 Å². The number of rotatable bonds is 9. The predicted molar refractivity (Wildman–Crippen MR) is 153 cm³/mol. The van der Waals surface area contributed by atoms with Gasteiger partial charge in [0.05, 0.1) is 0 Å². The molecular weight excluding hydrogens is 475 g/mol. The number of aromatic nitrogens is 2. The average Bonchev–Trinajstić information content (AvgIpc) is 3.26. The summed E-state index contributed by atoms with van der Waals surface area (Å²) in [6.45, 7) is 2.68. The monoisotopic (exact) mass is 512 g/mol. The molecule has 0 radical (unpaired) electrons. The second kappa shape index (κ2) is 13.3. The fourth-order valence-corrected chi connectivity index (χ4v) is 5.67. The molecule has 35 heavy (non-hydrogen) atoms. The molecule has 1 aliphatic carbocycles. The Kier molecular flexibility index (Phi) is 10.4. The Morgan fingerprint density at radius 3 is 2.43 bits per heavy atom. The highest BCUT2D eigenvalue weighted by molar-refractivity contribution is 5.89. The number of nitrogens with two attached hydrogens (primary N) is 1. The summed E-state index contributed by atoms with van der Waals surface area (Å²) in [5, 5.41) is 7.54. The fourth-order valence-electron chi connectivity index (χ4n) is 5.67. The van der Waals surface area contributed by atoms with Crippen molar-refractivity contribution in [3.8, 4) is 0 Å². The van der Waals surface area contributed by atoms with Crippen molar-refractivity contribution in [1.82, 2.24) is 14.9 Å². The van der Waals surface area contributed by atoms with E-state index in [4.69, 9.17) is 5.73 Å². The van der Waals surface area contributed by atoms with Crippen LogP contribution in [0.3, 0.4) is 0 Å². The lowest BCUT2D eigenvalue weighted by atomic mass is 9.86. The second-order valence-corrected chi connectivity index (χ2v) is 9.48. The summed E-state index contributed by atoms with van der Waals surface area (Å²) in [5.41, 5.74) is 9.86. The number of para-hydroxylation sites is 1. The minimum atomic E-state index is 0. The number of pyridine rings is 1. The van der Waals surface area contributed by atoms with Gasteiger partial charge in [0.1, 0.15) is 0 Å². The molecule has 188 valence electrons. The molecule has 2 heterocycles. The molecular formula is C29H38Cl2N4. The average molecular weight is 514 g/mol. The van der Waals surface area contributed by atoms with Crippen LogP contribution in [0.5, 0.6) is 0 Å². The first-order valence-corrected chi connectivity index (χ1v) is 12.7. The van der Waals surface area contributed by atoms with Gasteiger partial charge in [0.15, 0.2) is 0 Å². The Balaban J connectivity index is 0.00000171. The maximum atomic E-state index is 5.70. The van der Waals surface area contributed by atoms with E-state index in [9.17, 15) is 0 Å². The van der Waals surface area contributed by atoms with Gasteiger partial charge < -0.3 is 15.6 Å². The summed E-state index contributed by atoms with van der Waals surface area (Å²) in [7, 11) is 0. The minimum absolute atomic E-state index is 0. The molecule has 1 unspecified atom stereocenters. The molecule has 1 saturated carbocycles. The quantitative estimate of drug-likeness (QED) is 0.237. The smallest absolute Gasteiger partial charge is 0.0485 e. The van der Waals surface area contributed by atoms with Gasteiger partial charge >= 0.3 is 0 Å². The molecule has 0 amide bonds. The third-order valence-electron chi connectivity index (χ3n) is 7.36. The van der Waals surface area contributed by atoms with Crippen LogP contribution in [0.4, 0.5) is 0 Å². The van der Waals surface area contributed by atoms with Crippen LogP contribution in [-0.4, -0.2) is 29.2 Å². The lowest BCUT2D eigenvalue weighted by Crippen LogP contribution is -2.21. The number of hydrogen-bond acceptors (Lipinski definition) is 3. The lowest BCUT2D eigenvalue weighted by molar-refractivity contribution is 0.360. The van der Waals surface area contributed by atoms with E-state index in [1.165, 1.54) is 64.9 Å². The van der Waals surface area contributed by atoms with E-state index in [1.54, 1.807) is 0 Å². The van der Waals surface area contributed by atoms with Crippen molar-refractivity contribution in [2.24, 2.45) is 5.73 Å². The van der Waals surface area contributed by atoms with Crippen molar-refractivity contribution in [3.05, 3.63) is 78.2 Å². The Morgan fingerprint density at radius 1 is 0.886 bits per heavy atom. The number of benzene rings is 2. The molecule has 1 atom stereocenters. The molecule has 6 heteroatoms. The molecule has 5 rings (SSSR count). The molecule has 0 spiro atoms. The molecule has 4 aromatic rings. The topological polar surface area (TPSA) is 55.9 Å². The maximum absolute atomic E-state index is 5.70. The van der Waals surface area contributed by atoms with Gasteiger partial charge in [-0.1, -0.05) is 61.7 Å². The number of fused-ring (bicyclic) bond motifs is 2. The van der Waals surface area contributed by atoms with Crippen molar-refractivity contribution in [1.29, 1.82) is 0 Å². The van der Waals surface area contributed by atoms with Crippen molar-refractivity contribution in [2.45, 2.75) is 56.9 Å². The zero-order valence-electron chi connectivity index (χ0n) is 20.4. The summed E-state index contributed by atoms with van der Waals surface area (Å²) in [6, 6.07) is 18.3. The Hall–Kier alpha value is -2.11. The summed E-state index contributed by atoms with van der Waals surface area (Å²) in [5.74, 6) is 0.295. The third kappa shape index (κ3) is 6.00. The first kappa shape index (κ1) is 27.5. The van der Waals surface area contributed by atoms with E-state index in [1.807, 2.05) is 6.20 Å². The molecule has 1 aliphatic rings. The molecule has 2 aromatic carbocycles. The summed E-state index contributed by atoms with van der Waals surface area (Å²) in [6.07, 6.45) is 15.3. The van der Waals surface area contributed by atoms with Gasteiger partial charge in [-0.2, -0.15) is 0 Å². The van der Waals surface area contributed by atoms with Gasteiger partial charge in [0.2, 0.25) is 0 Å². The number of nitrogens with one attached hydrogen (secondary N) is 1. The van der Waals surface area contributed by atoms with Crippen molar-refractivity contribution in [2.75, 3.05) is 19.6 Å². The van der Waals surface area contributed by atoms with Crippen LogP contribution in [0.1, 0.15) is 68.0 Å². The van der Waals surface area contributed by atoms with E-state index in [0.29, 0.717) is 12.0 Å². The molecule has 3 N–H and O–H groups in total. The fraction of sp³-hybridized carbons (Fsp3) is 0.414. The van der Waals surface area contributed by atoms with Crippen LogP contribution in [-0.2, 0) is 0 Å². The van der Waals surface area contributed by atoms with E-state index in [2.05, 4.69) is 75.8 Å². The van der Waals surface area contributed by atoms with Gasteiger partial charge in [0.25, 0.3) is 0 Å². The van der Waals surface area contributed by atoms with Gasteiger partial charge in [0, 0.05) is 46.8 Å². The van der Waals surface area contributed by atoms with Crippen molar-refractivity contribution < 1.29 is 0 Å². The zero-order chi connectivity index (χ0) is 22.5. The molecule has 1 fully saturated rings. The Labute approximate surface area is 221 Å². The third-order valence-corrected chi connectivity index (χ3v) is 7.36. The number of hydrogen-bond donors (Lipinski definition) is 2. The molecule has 2 aromatic heterocycles. The highest BCUT2D eigenvalue weighted by Crippen LogP contribution is 2.40.